The van der Waals surface area contributed by atoms with Crippen molar-refractivity contribution in [3.05, 3.63) is 52.5 Å². The number of carbonyl (C=O) groups excluding carboxylic acids is 1. The maximum atomic E-state index is 13.5. The van der Waals surface area contributed by atoms with Gasteiger partial charge in [-0.15, -0.1) is 0 Å². The van der Waals surface area contributed by atoms with E-state index in [2.05, 4.69) is 36.3 Å². The van der Waals surface area contributed by atoms with E-state index in [1.807, 2.05) is 11.0 Å². The Balaban J connectivity index is 1.58. The summed E-state index contributed by atoms with van der Waals surface area (Å²) in [5.41, 5.74) is 0.243. The van der Waals surface area contributed by atoms with Gasteiger partial charge in [0, 0.05) is 29.7 Å². The van der Waals surface area contributed by atoms with Crippen LogP contribution in [0.25, 0.3) is 0 Å². The van der Waals surface area contributed by atoms with E-state index in [1.54, 1.807) is 14.2 Å². The van der Waals surface area contributed by atoms with Gasteiger partial charge in [0.05, 0.1) is 24.8 Å². The van der Waals surface area contributed by atoms with Crippen molar-refractivity contribution in [2.45, 2.75) is 69.1 Å². The van der Waals surface area contributed by atoms with Crippen LogP contribution in [0.5, 0.6) is 11.5 Å². The molecule has 0 bridgehead atoms. The second kappa shape index (κ2) is 11.8. The molecule has 1 aliphatic heterocycles. The first kappa shape index (κ1) is 29.3. The van der Waals surface area contributed by atoms with E-state index in [0.29, 0.717) is 18.0 Å². The molecular weight excluding hydrogens is 531 g/mol. The molecular formula is C29H37ClF3N3O3. The van der Waals surface area contributed by atoms with E-state index >= 15 is 0 Å². The smallest absolute Gasteiger partial charge is 0.417 e. The van der Waals surface area contributed by atoms with Gasteiger partial charge < -0.3 is 24.6 Å². The molecule has 1 heterocycles. The monoisotopic (exact) mass is 567 g/mol. The standard InChI is InChI=1S/C29H37ClF3N3O3/c1-5-6-14-36(27(37)34-20-8-9-23(30)22(17-20)29(31,32)33)21-11-12-28(13-15-35(2)26(28)18-21)19-7-10-24(38-3)25(16-19)39-4/h7-10,16-17,21,26H,5-6,11-15,18H2,1-4H3,(H,34,37)/t21-,26-,28+/m1/s1. The average Bonchev–Trinajstić information content (AvgIpc) is 3.25. The van der Waals surface area contributed by atoms with Gasteiger partial charge in [0.15, 0.2) is 11.5 Å². The highest BCUT2D eigenvalue weighted by molar-refractivity contribution is 6.31. The molecule has 214 valence electrons. The molecule has 39 heavy (non-hydrogen) atoms. The molecule has 0 radical (unpaired) electrons. The highest BCUT2D eigenvalue weighted by Crippen LogP contribution is 2.50. The largest absolute Gasteiger partial charge is 0.493 e. The van der Waals surface area contributed by atoms with Crippen LogP contribution >= 0.6 is 11.6 Å². The van der Waals surface area contributed by atoms with Gasteiger partial charge >= 0.3 is 12.2 Å². The lowest BCUT2D eigenvalue weighted by Crippen LogP contribution is -2.54. The summed E-state index contributed by atoms with van der Waals surface area (Å²) in [4.78, 5) is 17.7. The topological polar surface area (TPSA) is 54.0 Å². The van der Waals surface area contributed by atoms with Crippen LogP contribution in [0.4, 0.5) is 23.7 Å². The Morgan fingerprint density at radius 3 is 2.56 bits per heavy atom. The van der Waals surface area contributed by atoms with Crippen LogP contribution in [0.15, 0.2) is 36.4 Å². The van der Waals surface area contributed by atoms with Gasteiger partial charge in [-0.1, -0.05) is 31.0 Å². The molecule has 6 nitrogen and oxygen atoms in total. The molecule has 2 aromatic carbocycles. The summed E-state index contributed by atoms with van der Waals surface area (Å²) < 4.78 is 51.2. The molecule has 2 aliphatic rings. The van der Waals surface area contributed by atoms with E-state index < -0.39 is 16.8 Å². The Labute approximate surface area is 233 Å². The lowest BCUT2D eigenvalue weighted by molar-refractivity contribution is -0.137. The van der Waals surface area contributed by atoms with Gasteiger partial charge in [0.1, 0.15) is 0 Å². The number of urea groups is 1. The molecule has 1 N–H and O–H groups in total. The summed E-state index contributed by atoms with van der Waals surface area (Å²) in [7, 11) is 5.38. The molecule has 2 amide bonds. The summed E-state index contributed by atoms with van der Waals surface area (Å²) >= 11 is 5.77. The SMILES string of the molecule is CCCCN(C(=O)Nc1ccc(Cl)c(C(F)(F)F)c1)[C@@H]1CC[C@@]2(c3ccc(OC)c(OC)c3)CCN(C)[C@@H]2C1. The summed E-state index contributed by atoms with van der Waals surface area (Å²) in [5.74, 6) is 1.39. The number of hydrogen-bond donors (Lipinski definition) is 1. The molecule has 0 unspecified atom stereocenters. The number of fused-ring (bicyclic) bond motifs is 1. The summed E-state index contributed by atoms with van der Waals surface area (Å²) in [6.45, 7) is 3.53. The number of methoxy groups -OCH3 is 2. The third-order valence-corrected chi connectivity index (χ3v) is 8.76. The minimum absolute atomic E-state index is 0.0373. The highest BCUT2D eigenvalue weighted by atomic mass is 35.5. The number of alkyl halides is 3. The van der Waals surface area contributed by atoms with Gasteiger partial charge in [-0.25, -0.2) is 4.79 Å². The summed E-state index contributed by atoms with van der Waals surface area (Å²) in [6, 6.07) is 9.40. The number of anilines is 1. The lowest BCUT2D eigenvalue weighted by atomic mass is 9.64. The number of likely N-dealkylation sites (N-methyl/N-ethyl adjacent to an activating group) is 1. The second-order valence-corrected chi connectivity index (χ2v) is 11.0. The number of hydrogen-bond acceptors (Lipinski definition) is 4. The highest BCUT2D eigenvalue weighted by Gasteiger charge is 2.51. The molecule has 3 atom stereocenters. The van der Waals surface area contributed by atoms with Crippen molar-refractivity contribution in [1.29, 1.82) is 0 Å². The fraction of sp³-hybridized carbons (Fsp3) is 0.552. The van der Waals surface area contributed by atoms with Gasteiger partial charge in [-0.3, -0.25) is 0 Å². The zero-order valence-corrected chi connectivity index (χ0v) is 23.7. The van der Waals surface area contributed by atoms with Crippen molar-refractivity contribution < 1.29 is 27.4 Å². The number of nitrogens with one attached hydrogen (secondary N) is 1. The van der Waals surface area contributed by atoms with E-state index in [-0.39, 0.29) is 29.2 Å². The number of carbonyl (C=O) groups is 1. The Morgan fingerprint density at radius 1 is 1.15 bits per heavy atom. The van der Waals surface area contributed by atoms with Crippen LogP contribution in [0.3, 0.4) is 0 Å². The van der Waals surface area contributed by atoms with Crippen molar-refractivity contribution in [2.75, 3.05) is 39.7 Å². The van der Waals surface area contributed by atoms with Crippen LogP contribution in [0.1, 0.15) is 56.6 Å². The molecule has 4 rings (SSSR count). The number of benzene rings is 2. The van der Waals surface area contributed by atoms with E-state index in [4.69, 9.17) is 21.1 Å². The molecule has 0 spiro atoms. The normalized spacial score (nSPS) is 23.3. The number of ether oxygens (including phenoxy) is 2. The predicted molar refractivity (Wildman–Crippen MR) is 147 cm³/mol. The Morgan fingerprint density at radius 2 is 1.90 bits per heavy atom. The van der Waals surface area contributed by atoms with Crippen LogP contribution in [0, 0.1) is 0 Å². The van der Waals surface area contributed by atoms with Gasteiger partial charge in [0.25, 0.3) is 0 Å². The zero-order chi connectivity index (χ0) is 28.4. The van der Waals surface area contributed by atoms with Gasteiger partial charge in [-0.2, -0.15) is 13.2 Å². The van der Waals surface area contributed by atoms with Crippen molar-refractivity contribution >= 4 is 23.3 Å². The fourth-order valence-corrected chi connectivity index (χ4v) is 6.55. The Hall–Kier alpha value is -2.65. The van der Waals surface area contributed by atoms with E-state index in [1.165, 1.54) is 17.7 Å². The molecule has 1 aliphatic carbocycles. The van der Waals surface area contributed by atoms with E-state index in [9.17, 15) is 18.0 Å². The van der Waals surface area contributed by atoms with Crippen molar-refractivity contribution in [3.8, 4) is 11.5 Å². The average molecular weight is 568 g/mol. The summed E-state index contributed by atoms with van der Waals surface area (Å²) in [6.07, 6.45) is 0.554. The minimum Gasteiger partial charge on any atom is -0.493 e. The number of rotatable bonds is 8. The van der Waals surface area contributed by atoms with Gasteiger partial charge in [0.2, 0.25) is 0 Å². The first-order valence-electron chi connectivity index (χ1n) is 13.4. The first-order valence-corrected chi connectivity index (χ1v) is 13.8. The Bertz CT molecular complexity index is 1180. The minimum atomic E-state index is -4.61. The quantitative estimate of drug-likeness (QED) is 0.366. The van der Waals surface area contributed by atoms with Crippen LogP contribution < -0.4 is 14.8 Å². The number of amides is 2. The third-order valence-electron chi connectivity index (χ3n) is 8.44. The van der Waals surface area contributed by atoms with Crippen LogP contribution in [-0.4, -0.2) is 62.3 Å². The molecule has 1 saturated heterocycles. The number of likely N-dealkylation sites (tertiary alicyclic amines) is 1. The van der Waals surface area contributed by atoms with E-state index in [0.717, 1.165) is 51.1 Å². The Kier molecular flexibility index (Phi) is 8.91. The van der Waals surface area contributed by atoms with Crippen LogP contribution in [0.2, 0.25) is 5.02 Å². The lowest BCUT2D eigenvalue weighted by Gasteiger charge is -2.47. The zero-order valence-electron chi connectivity index (χ0n) is 22.9. The third kappa shape index (κ3) is 5.94. The molecule has 0 aromatic heterocycles. The molecule has 1 saturated carbocycles. The summed E-state index contributed by atoms with van der Waals surface area (Å²) in [5, 5.41) is 2.32. The second-order valence-electron chi connectivity index (χ2n) is 10.6. The predicted octanol–water partition coefficient (Wildman–Crippen LogP) is 7.20. The maximum absolute atomic E-state index is 13.5. The van der Waals surface area contributed by atoms with Crippen molar-refractivity contribution in [3.63, 3.8) is 0 Å². The number of nitrogens with zero attached hydrogens (tertiary/aromatic N) is 2. The first-order chi connectivity index (χ1) is 18.5. The molecule has 2 aromatic rings. The van der Waals surface area contributed by atoms with Crippen molar-refractivity contribution in [2.24, 2.45) is 0 Å². The van der Waals surface area contributed by atoms with Crippen LogP contribution in [-0.2, 0) is 11.6 Å². The number of halogens is 4. The van der Waals surface area contributed by atoms with Crippen molar-refractivity contribution in [1.82, 2.24) is 9.80 Å². The molecule has 2 fully saturated rings. The number of unbranched alkanes of at least 4 members (excludes halogenated alkanes) is 1. The maximum Gasteiger partial charge on any atom is 0.417 e. The molecule has 10 heteroatoms. The fourth-order valence-electron chi connectivity index (χ4n) is 6.32. The van der Waals surface area contributed by atoms with Gasteiger partial charge in [-0.05, 0) is 81.6 Å².